The van der Waals surface area contributed by atoms with Crippen molar-refractivity contribution in [3.05, 3.63) is 101 Å². The number of rotatable bonds is 18. The van der Waals surface area contributed by atoms with Crippen LogP contribution >= 0.6 is 11.6 Å². The first-order valence-electron chi connectivity index (χ1n) is 30.1. The third-order valence-electron chi connectivity index (χ3n) is 17.2. The van der Waals surface area contributed by atoms with E-state index in [0.717, 1.165) is 85.5 Å². The number of nitrogens with zero attached hydrogens (tertiary/aromatic N) is 10. The Morgan fingerprint density at radius 3 is 2.19 bits per heavy atom. The Morgan fingerprint density at radius 2 is 1.48 bits per heavy atom. The maximum atomic E-state index is 14.8. The summed E-state index contributed by atoms with van der Waals surface area (Å²) in [7, 11) is 0. The molecule has 0 spiro atoms. The first-order chi connectivity index (χ1) is 40.6. The molecular formula is C62H83ClN14O7. The summed E-state index contributed by atoms with van der Waals surface area (Å²) in [6.07, 6.45) is 8.36. The number of benzene rings is 2. The second-order valence-corrected chi connectivity index (χ2v) is 24.6. The van der Waals surface area contributed by atoms with Crippen LogP contribution in [0.15, 0.2) is 79.4 Å². The number of carbonyl (C=O) groups is 5. The SMILES string of the molecule is CCc1cccc(-c2cnc(C(=O)N3CCC(CN4CCN(CC(=O)N5CCN(CC[C@H](NC(=O)C6(NC(=O)OC(C)(C)C)CCN(c7ncnc8[nH]ccc78)CC6)c6ccc(Cl)cc6)CC5)CC4)CC3)c(NC(=O)CN3CCOCC3)c2)c1. The van der Waals surface area contributed by atoms with Gasteiger partial charge in [0, 0.05) is 128 Å². The number of ether oxygens (including phenoxy) is 2. The number of halogens is 1. The number of aryl methyl sites for hydroxylation is 1. The summed E-state index contributed by atoms with van der Waals surface area (Å²) in [5.41, 5.74) is 3.36. The van der Waals surface area contributed by atoms with Crippen LogP contribution in [0.4, 0.5) is 16.3 Å². The van der Waals surface area contributed by atoms with E-state index in [1.54, 1.807) is 27.0 Å². The van der Waals surface area contributed by atoms with Crippen LogP contribution in [0.25, 0.3) is 22.2 Å². The lowest BCUT2D eigenvalue weighted by atomic mass is 9.85. The van der Waals surface area contributed by atoms with Crippen molar-refractivity contribution in [1.29, 1.82) is 0 Å². The van der Waals surface area contributed by atoms with E-state index in [2.05, 4.69) is 74.5 Å². The Labute approximate surface area is 498 Å². The van der Waals surface area contributed by atoms with E-state index < -0.39 is 17.2 Å². The second-order valence-electron chi connectivity index (χ2n) is 24.1. The summed E-state index contributed by atoms with van der Waals surface area (Å²) in [4.78, 5) is 102. The maximum Gasteiger partial charge on any atom is 0.408 e. The molecular weight excluding hydrogens is 1090 g/mol. The van der Waals surface area contributed by atoms with Gasteiger partial charge in [-0.2, -0.15) is 0 Å². The van der Waals surface area contributed by atoms with E-state index in [-0.39, 0.29) is 41.9 Å². The molecule has 5 aliphatic heterocycles. The van der Waals surface area contributed by atoms with Crippen molar-refractivity contribution in [2.24, 2.45) is 5.92 Å². The zero-order valence-electron chi connectivity index (χ0n) is 49.3. The Kier molecular flexibility index (Phi) is 19.8. The van der Waals surface area contributed by atoms with Crippen LogP contribution in [0.3, 0.4) is 0 Å². The fraction of sp³-hybridized carbons (Fsp3) is 0.548. The number of aromatic amines is 1. The molecule has 0 unspecified atom stereocenters. The molecule has 10 rings (SSSR count). The van der Waals surface area contributed by atoms with Crippen LogP contribution in [0.2, 0.25) is 5.02 Å². The number of piperazine rings is 2. The van der Waals surface area contributed by atoms with Crippen LogP contribution in [-0.2, 0) is 30.3 Å². The number of hydrogen-bond acceptors (Lipinski definition) is 15. The highest BCUT2D eigenvalue weighted by Gasteiger charge is 2.45. The number of hydrogen-bond donors (Lipinski definition) is 4. The van der Waals surface area contributed by atoms with Crippen molar-refractivity contribution in [2.75, 3.05) is 141 Å². The number of pyridine rings is 1. The van der Waals surface area contributed by atoms with Crippen LogP contribution < -0.4 is 20.9 Å². The molecule has 22 heteroatoms. The number of anilines is 2. The zero-order valence-corrected chi connectivity index (χ0v) is 50.0. The van der Waals surface area contributed by atoms with Gasteiger partial charge in [0.1, 0.15) is 28.9 Å². The zero-order chi connectivity index (χ0) is 58.8. The lowest BCUT2D eigenvalue weighted by Gasteiger charge is -2.42. The third-order valence-corrected chi connectivity index (χ3v) is 17.5. The lowest BCUT2D eigenvalue weighted by Crippen LogP contribution is -2.64. The summed E-state index contributed by atoms with van der Waals surface area (Å²) in [6.45, 7) is 20.6. The van der Waals surface area contributed by atoms with Gasteiger partial charge in [-0.05, 0) is 106 Å². The van der Waals surface area contributed by atoms with Crippen molar-refractivity contribution in [1.82, 2.24) is 60.0 Å². The van der Waals surface area contributed by atoms with E-state index in [1.807, 2.05) is 64.5 Å². The van der Waals surface area contributed by atoms with E-state index >= 15 is 0 Å². The summed E-state index contributed by atoms with van der Waals surface area (Å²) >= 11 is 6.36. The number of nitrogens with one attached hydrogen (secondary N) is 4. The third kappa shape index (κ3) is 15.6. The molecule has 5 amide bonds. The van der Waals surface area contributed by atoms with Gasteiger partial charge in [0.15, 0.2) is 5.69 Å². The minimum absolute atomic E-state index is 0.146. The number of likely N-dealkylation sites (tertiary alicyclic amines) is 1. The fourth-order valence-electron chi connectivity index (χ4n) is 12.2. The monoisotopic (exact) mass is 1170 g/mol. The molecule has 5 aromatic rings. The first kappa shape index (κ1) is 60.4. The summed E-state index contributed by atoms with van der Waals surface area (Å²) < 4.78 is 11.2. The normalized spacial score (nSPS) is 19.2. The molecule has 4 N–H and O–H groups in total. The molecule has 5 saturated heterocycles. The van der Waals surface area contributed by atoms with E-state index in [1.165, 1.54) is 11.9 Å². The van der Waals surface area contributed by atoms with Gasteiger partial charge >= 0.3 is 6.09 Å². The van der Waals surface area contributed by atoms with Crippen LogP contribution in [0, 0.1) is 5.92 Å². The molecule has 3 aromatic heterocycles. The van der Waals surface area contributed by atoms with Gasteiger partial charge in [-0.25, -0.2) is 19.7 Å². The predicted molar refractivity (Wildman–Crippen MR) is 324 cm³/mol. The predicted octanol–water partition coefficient (Wildman–Crippen LogP) is 5.93. The Balaban J connectivity index is 0.676. The number of H-pyrrole nitrogens is 1. The van der Waals surface area contributed by atoms with E-state index in [9.17, 15) is 24.0 Å². The summed E-state index contributed by atoms with van der Waals surface area (Å²) in [5, 5.41) is 10.9. The van der Waals surface area contributed by atoms with Crippen LogP contribution in [0.5, 0.6) is 0 Å². The summed E-state index contributed by atoms with van der Waals surface area (Å²) in [5.74, 6) is 0.736. The van der Waals surface area contributed by atoms with Crippen LogP contribution in [0.1, 0.15) is 87.5 Å². The van der Waals surface area contributed by atoms with Gasteiger partial charge in [-0.1, -0.05) is 54.9 Å². The van der Waals surface area contributed by atoms with Crippen molar-refractivity contribution in [2.45, 2.75) is 83.4 Å². The smallest absolute Gasteiger partial charge is 0.408 e. The molecule has 450 valence electrons. The number of alkyl carbamates (subject to hydrolysis) is 1. The Hall–Kier alpha value is -6.75. The fourth-order valence-corrected chi connectivity index (χ4v) is 12.4. The number of amides is 5. The molecule has 5 fully saturated rings. The summed E-state index contributed by atoms with van der Waals surface area (Å²) in [6, 6.07) is 19.2. The molecule has 0 saturated carbocycles. The Bertz CT molecular complexity index is 3060. The number of carbonyl (C=O) groups excluding carboxylic acids is 5. The molecule has 5 aliphatic rings. The van der Waals surface area contributed by atoms with Crippen molar-refractivity contribution < 1.29 is 33.4 Å². The quantitative estimate of drug-likeness (QED) is 0.0800. The molecule has 8 heterocycles. The minimum atomic E-state index is -1.25. The lowest BCUT2D eigenvalue weighted by molar-refractivity contribution is -0.134. The van der Waals surface area contributed by atoms with Crippen molar-refractivity contribution in [3.63, 3.8) is 0 Å². The largest absolute Gasteiger partial charge is 0.444 e. The minimum Gasteiger partial charge on any atom is -0.444 e. The first-order valence-corrected chi connectivity index (χ1v) is 30.5. The molecule has 0 aliphatic carbocycles. The number of piperidine rings is 2. The maximum absolute atomic E-state index is 14.8. The highest BCUT2D eigenvalue weighted by Crippen LogP contribution is 2.33. The van der Waals surface area contributed by atoms with Gasteiger partial charge < -0.3 is 50.0 Å². The van der Waals surface area contributed by atoms with Crippen LogP contribution in [-0.4, -0.2) is 221 Å². The van der Waals surface area contributed by atoms with E-state index in [0.29, 0.717) is 128 Å². The number of aromatic nitrogens is 4. The number of morpholine rings is 1. The van der Waals surface area contributed by atoms with Gasteiger partial charge in [0.2, 0.25) is 17.7 Å². The Morgan fingerprint density at radius 1 is 0.774 bits per heavy atom. The molecule has 21 nitrogen and oxygen atoms in total. The number of fused-ring (bicyclic) bond motifs is 1. The van der Waals surface area contributed by atoms with Gasteiger partial charge in [0.25, 0.3) is 5.91 Å². The second kappa shape index (κ2) is 27.5. The van der Waals surface area contributed by atoms with E-state index in [4.69, 9.17) is 26.1 Å². The topological polar surface area (TPSA) is 217 Å². The molecule has 0 radical (unpaired) electrons. The standard InChI is InChI=1S/C62H83ClN14O7/c1-5-44-7-6-8-47(37-44)48-38-52(68-53(78)41-74-33-35-83-36-34-74)55(65-39-48)58(80)77-21-14-45(15-22-77)40-72-25-27-73(28-26-72)42-54(79)75-31-29-71(30-32-75)20-16-51(46-9-11-49(63)12-10-46)69-59(81)62(70-60(82)84-61(2,3)4)17-23-76(24-18-62)57-50-13-19-64-56(50)66-43-67-57/h6-13,19,37-39,43,45,51H,5,14-18,20-36,40-42H2,1-4H3,(H,68,78)(H,69,81)(H,70,82)(H,64,66,67)/t51-/m0/s1. The highest BCUT2D eigenvalue weighted by molar-refractivity contribution is 6.30. The molecule has 2 aromatic carbocycles. The van der Waals surface area contributed by atoms with Crippen molar-refractivity contribution >= 4 is 63.9 Å². The highest BCUT2D eigenvalue weighted by atomic mass is 35.5. The molecule has 84 heavy (non-hydrogen) atoms. The molecule has 1 atom stereocenters. The average Bonchev–Trinajstić information content (AvgIpc) is 2.53. The average molecular weight is 1170 g/mol. The van der Waals surface area contributed by atoms with Gasteiger partial charge in [-0.3, -0.25) is 33.9 Å². The van der Waals surface area contributed by atoms with Gasteiger partial charge in [0.05, 0.1) is 43.4 Å². The molecule has 0 bridgehead atoms. The van der Waals surface area contributed by atoms with Crippen molar-refractivity contribution in [3.8, 4) is 11.1 Å². The van der Waals surface area contributed by atoms with Gasteiger partial charge in [-0.15, -0.1) is 0 Å².